The summed E-state index contributed by atoms with van der Waals surface area (Å²) >= 11 is 1.56. The molecule has 0 N–H and O–H groups in total. The van der Waals surface area contributed by atoms with Gasteiger partial charge < -0.3 is 4.74 Å². The maximum absolute atomic E-state index is 12.7. The second-order valence-corrected chi connectivity index (χ2v) is 10.2. The van der Waals surface area contributed by atoms with Crippen molar-refractivity contribution in [3.8, 4) is 0 Å². The molecule has 0 radical (unpaired) electrons. The van der Waals surface area contributed by atoms with E-state index in [0.29, 0.717) is 5.90 Å². The lowest BCUT2D eigenvalue weighted by Crippen LogP contribution is -2.11. The van der Waals surface area contributed by atoms with Crippen LogP contribution in [0.4, 0.5) is 0 Å². The Labute approximate surface area is 203 Å². The predicted octanol–water partition coefficient (Wildman–Crippen LogP) is 7.03. The molecule has 1 aliphatic heterocycles. The van der Waals surface area contributed by atoms with Crippen molar-refractivity contribution in [1.82, 2.24) is 4.98 Å². The molecule has 0 spiro atoms. The Morgan fingerprint density at radius 1 is 0.882 bits per heavy atom. The molecule has 5 heteroatoms. The highest BCUT2D eigenvalue weighted by atomic mass is 32.2. The zero-order chi connectivity index (χ0) is 23.7. The van der Waals surface area contributed by atoms with E-state index in [2.05, 4.69) is 37.9 Å². The molecule has 0 atom stereocenters. The van der Waals surface area contributed by atoms with Crippen molar-refractivity contribution in [2.24, 2.45) is 4.99 Å². The summed E-state index contributed by atoms with van der Waals surface area (Å²) in [6.45, 7) is 6.50. The molecule has 34 heavy (non-hydrogen) atoms. The Balaban J connectivity index is 1.53. The molecule has 0 saturated carbocycles. The van der Waals surface area contributed by atoms with Crippen LogP contribution < -0.4 is 0 Å². The molecule has 0 unspecified atom stereocenters. The van der Waals surface area contributed by atoms with Gasteiger partial charge in [0.1, 0.15) is 5.03 Å². The Bertz CT molecular complexity index is 1430. The van der Waals surface area contributed by atoms with Crippen molar-refractivity contribution in [2.45, 2.75) is 36.1 Å². The first-order chi connectivity index (χ1) is 16.4. The fourth-order valence-electron chi connectivity index (χ4n) is 3.69. The van der Waals surface area contributed by atoms with E-state index >= 15 is 0 Å². The minimum absolute atomic E-state index is 0.0493. The normalized spacial score (nSPS) is 15.0. The lowest BCUT2D eigenvalue weighted by Gasteiger charge is -2.18. The third-order valence-corrected chi connectivity index (χ3v) is 6.61. The number of nitrogens with zero attached hydrogens (tertiary/aromatic N) is 2. The molecule has 0 saturated heterocycles. The Morgan fingerprint density at radius 3 is 2.32 bits per heavy atom. The first-order valence-corrected chi connectivity index (χ1v) is 11.9. The monoisotopic (exact) mass is 464 g/mol. The SMILES string of the molecule is CC(C)(C)c1ccc(C2=NC(=Cc3cc4ccccc4nc3Sc3ccccc3)C(=O)O2)cc1. The smallest absolute Gasteiger partial charge is 0.363 e. The summed E-state index contributed by atoms with van der Waals surface area (Å²) in [7, 11) is 0. The number of hydrogen-bond donors (Lipinski definition) is 0. The van der Waals surface area contributed by atoms with Gasteiger partial charge in [-0.1, -0.05) is 81.1 Å². The number of cyclic esters (lactones) is 1. The largest absolute Gasteiger partial charge is 0.402 e. The number of hydrogen-bond acceptors (Lipinski definition) is 5. The van der Waals surface area contributed by atoms with Crippen LogP contribution in [0.25, 0.3) is 17.0 Å². The fraction of sp³-hybridized carbons (Fsp3) is 0.138. The van der Waals surface area contributed by atoms with Crippen LogP contribution in [0.1, 0.15) is 37.5 Å². The van der Waals surface area contributed by atoms with Crippen molar-refractivity contribution in [3.05, 3.63) is 107 Å². The number of benzene rings is 3. The molecule has 1 aliphatic rings. The molecule has 0 aliphatic carbocycles. The van der Waals surface area contributed by atoms with Gasteiger partial charge in [-0.2, -0.15) is 0 Å². The molecule has 168 valence electrons. The van der Waals surface area contributed by atoms with E-state index in [4.69, 9.17) is 9.72 Å². The van der Waals surface area contributed by atoms with Crippen LogP contribution in [0, 0.1) is 0 Å². The van der Waals surface area contributed by atoms with E-state index in [9.17, 15) is 4.79 Å². The van der Waals surface area contributed by atoms with E-state index in [0.717, 1.165) is 32.0 Å². The van der Waals surface area contributed by atoms with Crippen LogP contribution in [0.3, 0.4) is 0 Å². The first kappa shape index (κ1) is 22.1. The van der Waals surface area contributed by atoms with Gasteiger partial charge in [0.15, 0.2) is 5.70 Å². The summed E-state index contributed by atoms with van der Waals surface area (Å²) < 4.78 is 5.52. The Hall–Kier alpha value is -3.70. The van der Waals surface area contributed by atoms with Gasteiger partial charge in [0, 0.05) is 21.4 Å². The van der Waals surface area contributed by atoms with Gasteiger partial charge in [0.05, 0.1) is 5.52 Å². The number of rotatable bonds is 4. The highest BCUT2D eigenvalue weighted by molar-refractivity contribution is 7.99. The second kappa shape index (κ2) is 8.92. The zero-order valence-corrected chi connectivity index (χ0v) is 20.1. The van der Waals surface area contributed by atoms with Gasteiger partial charge in [0.2, 0.25) is 5.90 Å². The number of aliphatic imine (C=N–C) groups is 1. The molecular weight excluding hydrogens is 440 g/mol. The third kappa shape index (κ3) is 4.66. The van der Waals surface area contributed by atoms with Crippen molar-refractivity contribution < 1.29 is 9.53 Å². The number of para-hydroxylation sites is 1. The Kier molecular flexibility index (Phi) is 5.80. The van der Waals surface area contributed by atoms with Crippen LogP contribution in [-0.2, 0) is 14.9 Å². The number of aromatic nitrogens is 1. The van der Waals surface area contributed by atoms with E-state index in [-0.39, 0.29) is 11.1 Å². The number of carbonyl (C=O) groups is 1. The number of ether oxygens (including phenoxy) is 1. The fourth-order valence-corrected chi connectivity index (χ4v) is 4.59. The van der Waals surface area contributed by atoms with E-state index < -0.39 is 5.97 Å². The number of fused-ring (bicyclic) bond motifs is 1. The molecule has 4 nitrogen and oxygen atoms in total. The van der Waals surface area contributed by atoms with Crippen molar-refractivity contribution in [2.75, 3.05) is 0 Å². The third-order valence-electron chi connectivity index (χ3n) is 5.59. The lowest BCUT2D eigenvalue weighted by atomic mass is 9.87. The van der Waals surface area contributed by atoms with E-state index in [1.165, 1.54) is 5.56 Å². The van der Waals surface area contributed by atoms with Gasteiger partial charge in [0.25, 0.3) is 0 Å². The van der Waals surface area contributed by atoms with Crippen molar-refractivity contribution in [1.29, 1.82) is 0 Å². The average Bonchev–Trinajstić information content (AvgIpc) is 3.20. The van der Waals surface area contributed by atoms with Crippen LogP contribution in [0.15, 0.2) is 106 Å². The molecule has 0 bridgehead atoms. The van der Waals surface area contributed by atoms with Crippen molar-refractivity contribution >= 4 is 40.6 Å². The molecule has 4 aromatic rings. The summed E-state index contributed by atoms with van der Waals surface area (Å²) in [4.78, 5) is 23.1. The van der Waals surface area contributed by atoms with Gasteiger partial charge in [-0.15, -0.1) is 0 Å². The summed E-state index contributed by atoms with van der Waals surface area (Å²) in [5.41, 5.74) is 4.03. The quantitative estimate of drug-likeness (QED) is 0.240. The molecule has 2 heterocycles. The Morgan fingerprint density at radius 2 is 1.59 bits per heavy atom. The van der Waals surface area contributed by atoms with E-state index in [1.807, 2.05) is 72.8 Å². The van der Waals surface area contributed by atoms with Gasteiger partial charge in [-0.3, -0.25) is 0 Å². The van der Waals surface area contributed by atoms with Crippen molar-refractivity contribution in [3.63, 3.8) is 0 Å². The summed E-state index contributed by atoms with van der Waals surface area (Å²) in [5, 5.41) is 1.81. The predicted molar refractivity (Wildman–Crippen MR) is 138 cm³/mol. The van der Waals surface area contributed by atoms with Crippen LogP contribution in [0.5, 0.6) is 0 Å². The van der Waals surface area contributed by atoms with Crippen LogP contribution >= 0.6 is 11.8 Å². The maximum Gasteiger partial charge on any atom is 0.363 e. The molecule has 3 aromatic carbocycles. The molecule has 1 aromatic heterocycles. The molecule has 5 rings (SSSR count). The number of pyridine rings is 1. The minimum Gasteiger partial charge on any atom is -0.402 e. The topological polar surface area (TPSA) is 51.5 Å². The van der Waals surface area contributed by atoms with Gasteiger partial charge >= 0.3 is 5.97 Å². The maximum atomic E-state index is 12.7. The van der Waals surface area contributed by atoms with Gasteiger partial charge in [-0.25, -0.2) is 14.8 Å². The average molecular weight is 465 g/mol. The molecule has 0 amide bonds. The van der Waals surface area contributed by atoms with E-state index in [1.54, 1.807) is 17.8 Å². The highest BCUT2D eigenvalue weighted by Crippen LogP contribution is 2.33. The lowest BCUT2D eigenvalue weighted by molar-refractivity contribution is -0.129. The first-order valence-electron chi connectivity index (χ1n) is 11.1. The minimum atomic E-state index is -0.460. The zero-order valence-electron chi connectivity index (χ0n) is 19.3. The standard InChI is InChI=1S/C29H24N2O2S/c1-29(2,3)22-15-13-19(14-16-22)26-30-25(28(32)33-26)18-21-17-20-9-7-8-12-24(20)31-27(21)34-23-10-5-4-6-11-23/h4-18H,1-3H3. The summed E-state index contributed by atoms with van der Waals surface area (Å²) in [5.74, 6) is -0.138. The summed E-state index contributed by atoms with van der Waals surface area (Å²) in [6.07, 6.45) is 1.77. The number of carbonyl (C=O) groups excluding carboxylic acids is 1. The highest BCUT2D eigenvalue weighted by Gasteiger charge is 2.25. The second-order valence-electron chi connectivity index (χ2n) is 9.15. The van der Waals surface area contributed by atoms with Crippen LogP contribution in [0.2, 0.25) is 0 Å². The van der Waals surface area contributed by atoms with Crippen LogP contribution in [-0.4, -0.2) is 16.9 Å². The molecule has 0 fully saturated rings. The summed E-state index contributed by atoms with van der Waals surface area (Å²) in [6, 6.07) is 28.1. The van der Waals surface area contributed by atoms with Gasteiger partial charge in [-0.05, 0) is 53.5 Å². The number of esters is 1. The molecular formula is C29H24N2O2S.